The van der Waals surface area contributed by atoms with E-state index in [9.17, 15) is 13.2 Å². The molecule has 1 unspecified atom stereocenters. The monoisotopic (exact) mass is 289 g/mol. The Morgan fingerprint density at radius 3 is 3.00 bits per heavy atom. The number of nitrogens with one attached hydrogen (secondary N) is 1. The lowest BCUT2D eigenvalue weighted by molar-refractivity contribution is -0.138. The van der Waals surface area contributed by atoms with Crippen molar-refractivity contribution in [2.75, 3.05) is 13.2 Å². The van der Waals surface area contributed by atoms with Crippen molar-refractivity contribution in [1.82, 2.24) is 14.5 Å². The highest BCUT2D eigenvalue weighted by atomic mass is 32.2. The normalized spacial score (nSPS) is 21.4. The third-order valence-corrected chi connectivity index (χ3v) is 4.37. The Morgan fingerprint density at radius 1 is 1.68 bits per heavy atom. The lowest BCUT2D eigenvalue weighted by Gasteiger charge is -2.09. The molecule has 1 aromatic rings. The molecule has 1 saturated heterocycles. The van der Waals surface area contributed by atoms with Crippen molar-refractivity contribution in [2.24, 2.45) is 0 Å². The van der Waals surface area contributed by atoms with Gasteiger partial charge in [0.25, 0.3) is 0 Å². The predicted octanol–water partition coefficient (Wildman–Crippen LogP) is -0.404. The quantitative estimate of drug-likeness (QED) is 0.763. The van der Waals surface area contributed by atoms with E-state index in [0.29, 0.717) is 13.2 Å². The molecule has 1 aliphatic heterocycles. The number of sulfonamides is 1. The summed E-state index contributed by atoms with van der Waals surface area (Å²) in [4.78, 5) is 10.6. The standard InChI is InChI=1S/C10H15N3O5S/c1-7(10(14)15)12-19(16,17)9-4-11-13(5-9)8-2-3-18-6-8/h4-5,7-8,12H,2-3,6H2,1H3,(H,14,15)/t7-,8?/m1/s1. The third kappa shape index (κ3) is 3.11. The summed E-state index contributed by atoms with van der Waals surface area (Å²) in [5, 5.41) is 12.7. The molecule has 106 valence electrons. The van der Waals surface area contributed by atoms with E-state index in [2.05, 4.69) is 9.82 Å². The van der Waals surface area contributed by atoms with Crippen molar-refractivity contribution in [3.05, 3.63) is 12.4 Å². The summed E-state index contributed by atoms with van der Waals surface area (Å²) in [5.74, 6) is -1.24. The molecule has 2 heterocycles. The second kappa shape index (κ2) is 5.27. The number of carboxylic acid groups (broad SMARTS) is 1. The summed E-state index contributed by atoms with van der Waals surface area (Å²) in [6.07, 6.45) is 3.37. The van der Waals surface area contributed by atoms with E-state index in [4.69, 9.17) is 9.84 Å². The molecule has 8 nitrogen and oxygen atoms in total. The minimum Gasteiger partial charge on any atom is -0.480 e. The largest absolute Gasteiger partial charge is 0.480 e. The zero-order valence-electron chi connectivity index (χ0n) is 10.3. The first-order valence-electron chi connectivity index (χ1n) is 5.77. The average Bonchev–Trinajstić information content (AvgIpc) is 2.99. The van der Waals surface area contributed by atoms with Gasteiger partial charge >= 0.3 is 5.97 Å². The van der Waals surface area contributed by atoms with Crippen molar-refractivity contribution in [2.45, 2.75) is 30.3 Å². The molecule has 0 amide bonds. The smallest absolute Gasteiger partial charge is 0.321 e. The molecule has 0 bridgehead atoms. The Labute approximate surface area is 110 Å². The van der Waals surface area contributed by atoms with Crippen molar-refractivity contribution in [3.63, 3.8) is 0 Å². The van der Waals surface area contributed by atoms with E-state index < -0.39 is 22.0 Å². The van der Waals surface area contributed by atoms with Crippen LogP contribution in [0.2, 0.25) is 0 Å². The van der Waals surface area contributed by atoms with Crippen molar-refractivity contribution in [3.8, 4) is 0 Å². The number of nitrogens with zero attached hydrogens (tertiary/aromatic N) is 2. The van der Waals surface area contributed by atoms with Crippen LogP contribution in [0.4, 0.5) is 0 Å². The molecular formula is C10H15N3O5S. The van der Waals surface area contributed by atoms with E-state index >= 15 is 0 Å². The van der Waals surface area contributed by atoms with Gasteiger partial charge in [-0.1, -0.05) is 0 Å². The molecule has 0 aromatic carbocycles. The van der Waals surface area contributed by atoms with Gasteiger partial charge in [-0.15, -0.1) is 0 Å². The fraction of sp³-hybridized carbons (Fsp3) is 0.600. The van der Waals surface area contributed by atoms with E-state index in [1.54, 1.807) is 0 Å². The van der Waals surface area contributed by atoms with E-state index in [-0.39, 0.29) is 10.9 Å². The number of hydrogen-bond donors (Lipinski definition) is 2. The maximum atomic E-state index is 11.9. The molecule has 0 radical (unpaired) electrons. The Kier molecular flexibility index (Phi) is 3.88. The topological polar surface area (TPSA) is 111 Å². The number of rotatable bonds is 5. The van der Waals surface area contributed by atoms with Gasteiger partial charge in [-0.25, -0.2) is 8.42 Å². The van der Waals surface area contributed by atoms with Crippen LogP contribution in [0.1, 0.15) is 19.4 Å². The van der Waals surface area contributed by atoms with Crippen LogP contribution < -0.4 is 4.72 Å². The Balaban J connectivity index is 2.14. The molecule has 19 heavy (non-hydrogen) atoms. The summed E-state index contributed by atoms with van der Waals surface area (Å²) in [6, 6.07) is -1.16. The van der Waals surface area contributed by atoms with Crippen LogP contribution >= 0.6 is 0 Å². The van der Waals surface area contributed by atoms with Crippen molar-refractivity contribution < 1.29 is 23.1 Å². The second-order valence-electron chi connectivity index (χ2n) is 4.35. The number of aliphatic carboxylic acids is 1. The highest BCUT2D eigenvalue weighted by Crippen LogP contribution is 2.19. The van der Waals surface area contributed by atoms with Crippen LogP contribution in [-0.4, -0.2) is 48.5 Å². The number of carbonyl (C=O) groups is 1. The van der Waals surface area contributed by atoms with Crippen LogP contribution in [0.3, 0.4) is 0 Å². The fourth-order valence-electron chi connectivity index (χ4n) is 1.74. The zero-order valence-corrected chi connectivity index (χ0v) is 11.1. The predicted molar refractivity (Wildman–Crippen MR) is 64.1 cm³/mol. The first kappa shape index (κ1) is 14.0. The summed E-state index contributed by atoms with van der Waals surface area (Å²) >= 11 is 0. The highest BCUT2D eigenvalue weighted by Gasteiger charge is 2.25. The number of carboxylic acids is 1. The zero-order chi connectivity index (χ0) is 14.0. The minimum atomic E-state index is -3.87. The van der Waals surface area contributed by atoms with Crippen LogP contribution in [0.15, 0.2) is 17.3 Å². The Bertz CT molecular complexity index is 561. The van der Waals surface area contributed by atoms with Gasteiger partial charge in [0.2, 0.25) is 10.0 Å². The van der Waals surface area contributed by atoms with Gasteiger partial charge in [0.05, 0.1) is 18.8 Å². The summed E-state index contributed by atoms with van der Waals surface area (Å²) in [5.41, 5.74) is 0. The molecule has 2 N–H and O–H groups in total. The molecule has 9 heteroatoms. The van der Waals surface area contributed by atoms with Gasteiger partial charge in [-0.05, 0) is 13.3 Å². The third-order valence-electron chi connectivity index (χ3n) is 2.87. The first-order chi connectivity index (χ1) is 8.90. The molecular weight excluding hydrogens is 274 g/mol. The van der Waals surface area contributed by atoms with Crippen molar-refractivity contribution >= 4 is 16.0 Å². The van der Waals surface area contributed by atoms with Gasteiger partial charge < -0.3 is 9.84 Å². The molecule has 1 aromatic heterocycles. The molecule has 0 spiro atoms. The molecule has 2 atom stereocenters. The van der Waals surface area contributed by atoms with Gasteiger partial charge in [0, 0.05) is 12.8 Å². The van der Waals surface area contributed by atoms with E-state index in [1.165, 1.54) is 24.0 Å². The van der Waals surface area contributed by atoms with Gasteiger partial charge in [-0.3, -0.25) is 9.48 Å². The van der Waals surface area contributed by atoms with Crippen LogP contribution in [-0.2, 0) is 19.6 Å². The number of hydrogen-bond acceptors (Lipinski definition) is 5. The Hall–Kier alpha value is -1.45. The molecule has 1 aliphatic rings. The molecule has 2 rings (SSSR count). The van der Waals surface area contributed by atoms with Gasteiger partial charge in [-0.2, -0.15) is 9.82 Å². The van der Waals surface area contributed by atoms with Crippen LogP contribution in [0.5, 0.6) is 0 Å². The van der Waals surface area contributed by atoms with Crippen LogP contribution in [0, 0.1) is 0 Å². The minimum absolute atomic E-state index is 0.0286. The van der Waals surface area contributed by atoms with E-state index in [1.807, 2.05) is 0 Å². The van der Waals surface area contributed by atoms with Crippen LogP contribution in [0.25, 0.3) is 0 Å². The summed E-state index contributed by atoms with van der Waals surface area (Å²) in [7, 11) is -3.87. The van der Waals surface area contributed by atoms with Gasteiger partial charge in [0.1, 0.15) is 10.9 Å². The summed E-state index contributed by atoms with van der Waals surface area (Å²) in [6.45, 7) is 2.39. The Morgan fingerprint density at radius 2 is 2.42 bits per heavy atom. The summed E-state index contributed by atoms with van der Waals surface area (Å²) < 4.78 is 32.6. The second-order valence-corrected chi connectivity index (χ2v) is 6.07. The lowest BCUT2D eigenvalue weighted by Crippen LogP contribution is -2.38. The highest BCUT2D eigenvalue weighted by molar-refractivity contribution is 7.89. The maximum absolute atomic E-state index is 11.9. The number of aromatic nitrogens is 2. The van der Waals surface area contributed by atoms with Gasteiger partial charge in [0.15, 0.2) is 0 Å². The van der Waals surface area contributed by atoms with Crippen molar-refractivity contribution in [1.29, 1.82) is 0 Å². The molecule has 0 aliphatic carbocycles. The first-order valence-corrected chi connectivity index (χ1v) is 7.25. The average molecular weight is 289 g/mol. The fourth-order valence-corrected chi connectivity index (χ4v) is 2.88. The molecule has 0 saturated carbocycles. The lowest BCUT2D eigenvalue weighted by atomic mass is 10.3. The maximum Gasteiger partial charge on any atom is 0.321 e. The molecule has 1 fully saturated rings. The number of ether oxygens (including phenoxy) is 1. The SMILES string of the molecule is C[C@@H](NS(=O)(=O)c1cnn(C2CCOC2)c1)C(=O)O. The van der Waals surface area contributed by atoms with E-state index in [0.717, 1.165) is 6.42 Å².